The molecule has 60 valence electrons. The monoisotopic (exact) mass is 149 g/mol. The van der Waals surface area contributed by atoms with Crippen LogP contribution in [0.5, 0.6) is 0 Å². The van der Waals surface area contributed by atoms with E-state index in [-0.39, 0.29) is 24.9 Å². The number of hydrogen-bond donors (Lipinski definition) is 1. The fourth-order valence-electron chi connectivity index (χ4n) is 1.23. The molecule has 1 rings (SSSR count). The van der Waals surface area contributed by atoms with Crippen molar-refractivity contribution in [3.8, 4) is 0 Å². The Balaban J connectivity index is 2.49. The van der Waals surface area contributed by atoms with Crippen LogP contribution in [0.3, 0.4) is 0 Å². The quantitative estimate of drug-likeness (QED) is 0.552. The van der Waals surface area contributed by atoms with E-state index < -0.39 is 5.92 Å². The first-order chi connectivity index (χ1) is 4.51. The summed E-state index contributed by atoms with van der Waals surface area (Å²) in [4.78, 5) is 0. The highest BCUT2D eigenvalue weighted by Gasteiger charge is 2.37. The summed E-state index contributed by atoms with van der Waals surface area (Å²) in [6.45, 7) is 3.64. The molecule has 0 saturated carbocycles. The molecule has 0 aromatic carbocycles. The number of nitrogens with one attached hydrogen (secondary N) is 1. The average Bonchev–Trinajstić information content (AvgIpc) is 1.79. The minimum atomic E-state index is -2.48. The second kappa shape index (κ2) is 2.46. The largest absolute Gasteiger partial charge is 0.308 e. The molecule has 2 unspecified atom stereocenters. The predicted octanol–water partition coefficient (Wildman–Crippen LogP) is 1.64. The Kier molecular flexibility index (Phi) is 1.95. The molecule has 0 aliphatic carbocycles. The van der Waals surface area contributed by atoms with Crippen molar-refractivity contribution in [3.63, 3.8) is 0 Å². The molecule has 0 aromatic rings. The van der Waals surface area contributed by atoms with E-state index in [4.69, 9.17) is 0 Å². The topological polar surface area (TPSA) is 12.0 Å². The van der Waals surface area contributed by atoms with E-state index in [1.165, 1.54) is 0 Å². The van der Waals surface area contributed by atoms with Crippen LogP contribution in [0, 0.1) is 5.92 Å². The maximum Gasteiger partial charge on any atom is 0.260 e. The molecule has 2 atom stereocenters. The summed E-state index contributed by atoms with van der Waals surface area (Å²) in [6.07, 6.45) is 0.0289. The zero-order chi connectivity index (χ0) is 7.78. The smallest absolute Gasteiger partial charge is 0.260 e. The number of rotatable bonds is 0. The first-order valence-corrected chi connectivity index (χ1v) is 3.62. The predicted molar refractivity (Wildman–Crippen MR) is 36.2 cm³/mol. The van der Waals surface area contributed by atoms with Gasteiger partial charge in [0.1, 0.15) is 0 Å². The second-order valence-corrected chi connectivity index (χ2v) is 3.21. The van der Waals surface area contributed by atoms with Gasteiger partial charge in [-0.2, -0.15) is 0 Å². The van der Waals surface area contributed by atoms with E-state index in [9.17, 15) is 8.78 Å². The fourth-order valence-corrected chi connectivity index (χ4v) is 1.23. The van der Waals surface area contributed by atoms with Crippen molar-refractivity contribution in [2.75, 3.05) is 6.54 Å². The van der Waals surface area contributed by atoms with Crippen molar-refractivity contribution in [2.45, 2.75) is 32.2 Å². The summed E-state index contributed by atoms with van der Waals surface area (Å²) < 4.78 is 25.1. The van der Waals surface area contributed by atoms with Gasteiger partial charge in [0, 0.05) is 12.5 Å². The lowest BCUT2D eigenvalue weighted by Crippen LogP contribution is -2.48. The number of alkyl halides is 2. The standard InChI is InChI=1S/C7H13F2N/c1-5-3-7(8,9)4-10-6(5)2/h5-6,10H,3-4H2,1-2H3. The molecule has 0 amide bonds. The molecule has 1 aliphatic heterocycles. The first-order valence-electron chi connectivity index (χ1n) is 3.62. The highest BCUT2D eigenvalue weighted by molar-refractivity contribution is 4.84. The van der Waals surface area contributed by atoms with Gasteiger partial charge in [0.05, 0.1) is 6.54 Å². The van der Waals surface area contributed by atoms with Crippen molar-refractivity contribution in [2.24, 2.45) is 5.92 Å². The Bertz CT molecular complexity index is 125. The molecule has 1 heterocycles. The Hall–Kier alpha value is -0.180. The second-order valence-electron chi connectivity index (χ2n) is 3.21. The molecular formula is C7H13F2N. The lowest BCUT2D eigenvalue weighted by atomic mass is 9.92. The van der Waals surface area contributed by atoms with Gasteiger partial charge < -0.3 is 5.32 Å². The number of hydrogen-bond acceptors (Lipinski definition) is 1. The lowest BCUT2D eigenvalue weighted by Gasteiger charge is -2.32. The Labute approximate surface area is 59.8 Å². The third-order valence-corrected chi connectivity index (χ3v) is 2.16. The maximum atomic E-state index is 12.6. The fraction of sp³-hybridized carbons (Fsp3) is 1.00. The SMILES string of the molecule is CC1CC(F)(F)CNC1C. The minimum Gasteiger partial charge on any atom is -0.308 e. The average molecular weight is 149 g/mol. The Morgan fingerprint density at radius 3 is 2.40 bits per heavy atom. The molecule has 1 N–H and O–H groups in total. The Morgan fingerprint density at radius 1 is 1.40 bits per heavy atom. The van der Waals surface area contributed by atoms with Gasteiger partial charge >= 0.3 is 0 Å². The normalized spacial score (nSPS) is 39.6. The van der Waals surface area contributed by atoms with Crippen LogP contribution in [0.25, 0.3) is 0 Å². The summed E-state index contributed by atoms with van der Waals surface area (Å²) in [5, 5.41) is 2.77. The summed E-state index contributed by atoms with van der Waals surface area (Å²) in [6, 6.07) is 0.236. The van der Waals surface area contributed by atoms with Gasteiger partial charge in [-0.3, -0.25) is 0 Å². The lowest BCUT2D eigenvalue weighted by molar-refractivity contribution is -0.0466. The summed E-state index contributed by atoms with van der Waals surface area (Å²) in [5.74, 6) is -2.39. The number of halogens is 2. The van der Waals surface area contributed by atoms with E-state index in [0.717, 1.165) is 0 Å². The van der Waals surface area contributed by atoms with E-state index >= 15 is 0 Å². The molecular weight excluding hydrogens is 136 g/mol. The van der Waals surface area contributed by atoms with Crippen LogP contribution in [0.2, 0.25) is 0 Å². The molecule has 1 aliphatic rings. The van der Waals surface area contributed by atoms with Crippen molar-refractivity contribution >= 4 is 0 Å². The number of piperidine rings is 1. The molecule has 1 nitrogen and oxygen atoms in total. The third kappa shape index (κ3) is 1.66. The van der Waals surface area contributed by atoms with E-state index in [2.05, 4.69) is 5.32 Å². The summed E-state index contributed by atoms with van der Waals surface area (Å²) in [5.41, 5.74) is 0. The molecule has 0 spiro atoms. The van der Waals surface area contributed by atoms with Gasteiger partial charge in [-0.15, -0.1) is 0 Å². The molecule has 1 saturated heterocycles. The van der Waals surface area contributed by atoms with Crippen molar-refractivity contribution < 1.29 is 8.78 Å². The molecule has 0 radical (unpaired) electrons. The highest BCUT2D eigenvalue weighted by atomic mass is 19.3. The van der Waals surface area contributed by atoms with Gasteiger partial charge in [0.25, 0.3) is 5.92 Å². The summed E-state index contributed by atoms with van der Waals surface area (Å²) in [7, 11) is 0. The minimum absolute atomic E-state index is 0.0289. The van der Waals surface area contributed by atoms with Crippen LogP contribution >= 0.6 is 0 Å². The van der Waals surface area contributed by atoms with Crippen LogP contribution in [0.1, 0.15) is 20.3 Å². The molecule has 10 heavy (non-hydrogen) atoms. The van der Waals surface area contributed by atoms with Crippen molar-refractivity contribution in [1.82, 2.24) is 5.32 Å². The van der Waals surface area contributed by atoms with E-state index in [1.807, 2.05) is 13.8 Å². The van der Waals surface area contributed by atoms with Gasteiger partial charge in [0.2, 0.25) is 0 Å². The van der Waals surface area contributed by atoms with Gasteiger partial charge in [-0.25, -0.2) is 8.78 Å². The molecule has 3 heteroatoms. The van der Waals surface area contributed by atoms with Gasteiger partial charge in [-0.1, -0.05) is 6.92 Å². The molecule has 1 fully saturated rings. The van der Waals surface area contributed by atoms with E-state index in [1.54, 1.807) is 0 Å². The van der Waals surface area contributed by atoms with Crippen LogP contribution in [-0.2, 0) is 0 Å². The van der Waals surface area contributed by atoms with Crippen LogP contribution in [0.4, 0.5) is 8.78 Å². The van der Waals surface area contributed by atoms with Crippen molar-refractivity contribution in [3.05, 3.63) is 0 Å². The maximum absolute atomic E-state index is 12.6. The van der Waals surface area contributed by atoms with Gasteiger partial charge in [0.15, 0.2) is 0 Å². The highest BCUT2D eigenvalue weighted by Crippen LogP contribution is 2.28. The zero-order valence-electron chi connectivity index (χ0n) is 6.32. The Morgan fingerprint density at radius 2 is 2.00 bits per heavy atom. The third-order valence-electron chi connectivity index (χ3n) is 2.16. The zero-order valence-corrected chi connectivity index (χ0v) is 6.32. The first kappa shape index (κ1) is 7.92. The van der Waals surface area contributed by atoms with Crippen molar-refractivity contribution in [1.29, 1.82) is 0 Å². The van der Waals surface area contributed by atoms with Gasteiger partial charge in [-0.05, 0) is 12.8 Å². The van der Waals surface area contributed by atoms with Crippen LogP contribution < -0.4 is 5.32 Å². The van der Waals surface area contributed by atoms with Crippen LogP contribution in [-0.4, -0.2) is 18.5 Å². The van der Waals surface area contributed by atoms with E-state index in [0.29, 0.717) is 0 Å². The summed E-state index contributed by atoms with van der Waals surface area (Å²) >= 11 is 0. The van der Waals surface area contributed by atoms with Crippen LogP contribution in [0.15, 0.2) is 0 Å². The molecule has 0 aromatic heterocycles. The molecule has 0 bridgehead atoms.